The topological polar surface area (TPSA) is 66.6 Å². The van der Waals surface area contributed by atoms with Gasteiger partial charge >= 0.3 is 0 Å². The second-order valence-electron chi connectivity index (χ2n) is 5.40. The molecule has 3 rings (SSSR count). The van der Waals surface area contributed by atoms with Crippen LogP contribution >= 0.6 is 0 Å². The van der Waals surface area contributed by atoms with E-state index in [2.05, 4.69) is 57.0 Å². The average Bonchev–Trinajstić information content (AvgIpc) is 3.04. The maximum atomic E-state index is 4.61. The van der Waals surface area contributed by atoms with Crippen molar-refractivity contribution in [1.29, 1.82) is 0 Å². The Bertz CT molecular complexity index is 793. The van der Waals surface area contributed by atoms with Crippen LogP contribution < -0.4 is 10.6 Å². The molecule has 0 bridgehead atoms. The second-order valence-corrected chi connectivity index (χ2v) is 5.40. The van der Waals surface area contributed by atoms with Crippen molar-refractivity contribution in [3.05, 3.63) is 66.1 Å². The Hall–Kier alpha value is -2.89. The van der Waals surface area contributed by atoms with Crippen molar-refractivity contribution < 1.29 is 0 Å². The molecule has 24 heavy (non-hydrogen) atoms. The van der Waals surface area contributed by atoms with Crippen LogP contribution in [0.1, 0.15) is 18.3 Å². The number of benzene rings is 1. The Balaban J connectivity index is 1.61. The van der Waals surface area contributed by atoms with Gasteiger partial charge in [0.25, 0.3) is 0 Å². The highest BCUT2D eigenvalue weighted by atomic mass is 15.3. The molecule has 6 nitrogen and oxygen atoms in total. The van der Waals surface area contributed by atoms with Crippen LogP contribution in [0.25, 0.3) is 5.65 Å². The van der Waals surface area contributed by atoms with Gasteiger partial charge in [-0.15, -0.1) is 10.2 Å². The summed E-state index contributed by atoms with van der Waals surface area (Å²) in [4.78, 5) is 4.61. The highest BCUT2D eigenvalue weighted by Crippen LogP contribution is 2.04. The first-order valence-electron chi connectivity index (χ1n) is 8.21. The van der Waals surface area contributed by atoms with E-state index in [1.807, 2.05) is 34.9 Å². The molecule has 0 spiro atoms. The average molecular weight is 322 g/mol. The zero-order valence-electron chi connectivity index (χ0n) is 13.8. The van der Waals surface area contributed by atoms with Crippen molar-refractivity contribution in [2.45, 2.75) is 19.9 Å². The monoisotopic (exact) mass is 322 g/mol. The van der Waals surface area contributed by atoms with E-state index in [-0.39, 0.29) is 0 Å². The van der Waals surface area contributed by atoms with E-state index < -0.39 is 0 Å². The molecule has 0 amide bonds. The molecule has 0 aliphatic rings. The summed E-state index contributed by atoms with van der Waals surface area (Å²) in [6.45, 7) is 4.18. The van der Waals surface area contributed by atoms with Crippen LogP contribution in [0, 0.1) is 0 Å². The highest BCUT2D eigenvalue weighted by molar-refractivity contribution is 5.79. The lowest BCUT2D eigenvalue weighted by Crippen LogP contribution is -2.38. The summed E-state index contributed by atoms with van der Waals surface area (Å²) in [6.07, 6.45) is 2.91. The molecule has 3 aromatic rings. The summed E-state index contributed by atoms with van der Waals surface area (Å²) in [6, 6.07) is 16.3. The molecule has 6 heteroatoms. The van der Waals surface area contributed by atoms with E-state index in [9.17, 15) is 0 Å². The maximum absolute atomic E-state index is 4.61. The number of nitrogens with zero attached hydrogens (tertiary/aromatic N) is 4. The maximum Gasteiger partial charge on any atom is 0.191 e. The number of fused-ring (bicyclic) bond motifs is 1. The predicted octanol–water partition coefficient (Wildman–Crippen LogP) is 2.03. The highest BCUT2D eigenvalue weighted by Gasteiger charge is 2.04. The van der Waals surface area contributed by atoms with Crippen LogP contribution in [-0.2, 0) is 13.0 Å². The van der Waals surface area contributed by atoms with E-state index in [0.717, 1.165) is 36.9 Å². The minimum atomic E-state index is 0.478. The van der Waals surface area contributed by atoms with Crippen LogP contribution in [0.4, 0.5) is 0 Å². The van der Waals surface area contributed by atoms with E-state index in [1.165, 1.54) is 5.56 Å². The SMILES string of the molecule is CCNC(=NCc1nnc2ccccn12)NCCc1ccccc1. The number of hydrogen-bond acceptors (Lipinski definition) is 3. The van der Waals surface area contributed by atoms with Crippen molar-refractivity contribution in [3.8, 4) is 0 Å². The fraction of sp³-hybridized carbons (Fsp3) is 0.278. The Morgan fingerprint density at radius 2 is 1.88 bits per heavy atom. The molecule has 2 aromatic heterocycles. The summed E-state index contributed by atoms with van der Waals surface area (Å²) in [5, 5.41) is 15.0. The molecular formula is C18H22N6. The van der Waals surface area contributed by atoms with Crippen molar-refractivity contribution in [2.24, 2.45) is 4.99 Å². The number of rotatable bonds is 6. The number of guanidine groups is 1. The van der Waals surface area contributed by atoms with Gasteiger partial charge in [0.05, 0.1) is 0 Å². The predicted molar refractivity (Wildman–Crippen MR) is 96.0 cm³/mol. The van der Waals surface area contributed by atoms with Crippen LogP contribution in [0.2, 0.25) is 0 Å². The molecule has 0 atom stereocenters. The van der Waals surface area contributed by atoms with Crippen LogP contribution in [-0.4, -0.2) is 33.6 Å². The molecule has 2 heterocycles. The first kappa shape index (κ1) is 16.0. The fourth-order valence-electron chi connectivity index (χ4n) is 2.46. The largest absolute Gasteiger partial charge is 0.357 e. The van der Waals surface area contributed by atoms with Gasteiger partial charge < -0.3 is 10.6 Å². The number of aromatic nitrogens is 3. The Morgan fingerprint density at radius 3 is 2.71 bits per heavy atom. The first-order valence-corrected chi connectivity index (χ1v) is 8.21. The summed E-state index contributed by atoms with van der Waals surface area (Å²) in [5.74, 6) is 1.62. The summed E-state index contributed by atoms with van der Waals surface area (Å²) in [5.41, 5.74) is 2.15. The van der Waals surface area contributed by atoms with Gasteiger partial charge in [-0.1, -0.05) is 36.4 Å². The standard InChI is InChI=1S/C18H22N6/c1-2-19-18(20-12-11-15-8-4-3-5-9-15)21-14-17-23-22-16-10-6-7-13-24(16)17/h3-10,13H,2,11-12,14H2,1H3,(H2,19,20,21). The fourth-order valence-corrected chi connectivity index (χ4v) is 2.46. The van der Waals surface area contributed by atoms with Gasteiger partial charge in [0.2, 0.25) is 0 Å². The van der Waals surface area contributed by atoms with E-state index in [4.69, 9.17) is 0 Å². The number of pyridine rings is 1. The van der Waals surface area contributed by atoms with E-state index >= 15 is 0 Å². The third-order valence-electron chi connectivity index (χ3n) is 3.66. The smallest absolute Gasteiger partial charge is 0.191 e. The van der Waals surface area contributed by atoms with Gasteiger partial charge in [-0.05, 0) is 31.0 Å². The normalized spacial score (nSPS) is 11.6. The van der Waals surface area contributed by atoms with Crippen LogP contribution in [0.5, 0.6) is 0 Å². The Morgan fingerprint density at radius 1 is 1.04 bits per heavy atom. The van der Waals surface area contributed by atoms with Gasteiger partial charge in [0, 0.05) is 19.3 Å². The lowest BCUT2D eigenvalue weighted by Gasteiger charge is -2.11. The van der Waals surface area contributed by atoms with Gasteiger partial charge in [-0.25, -0.2) is 4.99 Å². The van der Waals surface area contributed by atoms with Crippen molar-refractivity contribution >= 4 is 11.6 Å². The van der Waals surface area contributed by atoms with Crippen molar-refractivity contribution in [2.75, 3.05) is 13.1 Å². The third-order valence-corrected chi connectivity index (χ3v) is 3.66. The van der Waals surface area contributed by atoms with Crippen molar-refractivity contribution in [1.82, 2.24) is 25.2 Å². The molecular weight excluding hydrogens is 300 g/mol. The molecule has 2 N–H and O–H groups in total. The second kappa shape index (κ2) is 8.10. The van der Waals surface area contributed by atoms with Gasteiger partial charge in [-0.2, -0.15) is 0 Å². The van der Waals surface area contributed by atoms with Gasteiger partial charge in [0.1, 0.15) is 6.54 Å². The van der Waals surface area contributed by atoms with Gasteiger partial charge in [-0.3, -0.25) is 4.40 Å². The minimum absolute atomic E-state index is 0.478. The molecule has 0 saturated carbocycles. The Labute approximate surface area is 141 Å². The minimum Gasteiger partial charge on any atom is -0.357 e. The molecule has 0 aliphatic carbocycles. The zero-order chi connectivity index (χ0) is 16.6. The Kier molecular flexibility index (Phi) is 5.40. The lowest BCUT2D eigenvalue weighted by molar-refractivity contribution is 0.787. The molecule has 0 fully saturated rings. The third kappa shape index (κ3) is 4.10. The first-order chi connectivity index (χ1) is 11.9. The summed E-state index contributed by atoms with van der Waals surface area (Å²) >= 11 is 0. The van der Waals surface area contributed by atoms with E-state index in [1.54, 1.807) is 0 Å². The lowest BCUT2D eigenvalue weighted by atomic mass is 10.1. The van der Waals surface area contributed by atoms with Gasteiger partial charge in [0.15, 0.2) is 17.4 Å². The number of hydrogen-bond donors (Lipinski definition) is 2. The zero-order valence-corrected chi connectivity index (χ0v) is 13.8. The molecule has 0 unspecified atom stereocenters. The van der Waals surface area contributed by atoms with Crippen molar-refractivity contribution in [3.63, 3.8) is 0 Å². The molecule has 124 valence electrons. The summed E-state index contributed by atoms with van der Waals surface area (Å²) < 4.78 is 1.96. The number of aliphatic imine (C=N–C) groups is 1. The van der Waals surface area contributed by atoms with Crippen LogP contribution in [0.3, 0.4) is 0 Å². The quantitative estimate of drug-likeness (QED) is 0.538. The molecule has 1 aromatic carbocycles. The number of nitrogens with one attached hydrogen (secondary N) is 2. The molecule has 0 aliphatic heterocycles. The van der Waals surface area contributed by atoms with Crippen LogP contribution in [0.15, 0.2) is 59.7 Å². The summed E-state index contributed by atoms with van der Waals surface area (Å²) in [7, 11) is 0. The van der Waals surface area contributed by atoms with E-state index in [0.29, 0.717) is 6.54 Å². The molecule has 0 saturated heterocycles. The molecule has 0 radical (unpaired) electrons.